The Morgan fingerprint density at radius 3 is 2.60 bits per heavy atom. The summed E-state index contributed by atoms with van der Waals surface area (Å²) in [4.78, 5) is 0. The summed E-state index contributed by atoms with van der Waals surface area (Å²) in [5.41, 5.74) is 8.41. The number of nitriles is 1. The summed E-state index contributed by atoms with van der Waals surface area (Å²) in [6.07, 6.45) is 0. The lowest BCUT2D eigenvalue weighted by Gasteiger charge is -2.26. The molecule has 5 nitrogen and oxygen atoms in total. The van der Waals surface area contributed by atoms with Crippen molar-refractivity contribution in [1.29, 1.82) is 5.26 Å². The van der Waals surface area contributed by atoms with Crippen molar-refractivity contribution in [3.63, 3.8) is 0 Å². The number of allylic oxidation sites excluding steroid dienone is 1. The molecule has 3 aromatic carbocycles. The third kappa shape index (κ3) is 3.76. The third-order valence-electron chi connectivity index (χ3n) is 4.80. The van der Waals surface area contributed by atoms with Gasteiger partial charge in [0.25, 0.3) is 0 Å². The highest BCUT2D eigenvalue weighted by Gasteiger charge is 2.31. The van der Waals surface area contributed by atoms with Crippen LogP contribution in [-0.4, -0.2) is 5.11 Å². The van der Waals surface area contributed by atoms with Crippen molar-refractivity contribution in [2.75, 3.05) is 0 Å². The molecule has 0 aromatic heterocycles. The Bertz CT molecular complexity index is 1190. The van der Waals surface area contributed by atoms with Gasteiger partial charge in [-0.15, -0.1) is 0 Å². The van der Waals surface area contributed by atoms with Crippen LogP contribution in [0.2, 0.25) is 5.02 Å². The zero-order valence-electron chi connectivity index (χ0n) is 15.6. The number of hydrogen-bond acceptors (Lipinski definition) is 5. The van der Waals surface area contributed by atoms with Crippen molar-refractivity contribution < 1.29 is 19.0 Å². The first kappa shape index (κ1) is 19.6. The summed E-state index contributed by atoms with van der Waals surface area (Å²) in [5, 5.41) is 19.7. The Morgan fingerprint density at radius 2 is 1.90 bits per heavy atom. The van der Waals surface area contributed by atoms with Gasteiger partial charge in [-0.1, -0.05) is 35.9 Å². The Labute approximate surface area is 177 Å². The van der Waals surface area contributed by atoms with Crippen molar-refractivity contribution in [2.24, 2.45) is 5.73 Å². The number of phenolic OH excluding ortho intramolecular Hbond substituents is 1. The van der Waals surface area contributed by atoms with Crippen molar-refractivity contribution in [3.05, 3.63) is 99.7 Å². The number of nitrogens with zero attached hydrogens (tertiary/aromatic N) is 1. The van der Waals surface area contributed by atoms with E-state index in [1.54, 1.807) is 36.4 Å². The molecule has 0 amide bonds. The number of hydrogen-bond donors (Lipinski definition) is 2. The minimum Gasteiger partial charge on any atom is -0.508 e. The topological polar surface area (TPSA) is 88.5 Å². The predicted octanol–water partition coefficient (Wildman–Crippen LogP) is 4.98. The Balaban J connectivity index is 1.65. The van der Waals surface area contributed by atoms with Gasteiger partial charge in [0.05, 0.1) is 10.9 Å². The molecule has 1 aliphatic rings. The molecule has 0 aliphatic carbocycles. The van der Waals surface area contributed by atoms with Gasteiger partial charge in [-0.3, -0.25) is 0 Å². The van der Waals surface area contributed by atoms with Crippen LogP contribution in [0.15, 0.2) is 72.1 Å². The number of benzene rings is 3. The van der Waals surface area contributed by atoms with Gasteiger partial charge in [-0.2, -0.15) is 5.26 Å². The molecule has 150 valence electrons. The van der Waals surface area contributed by atoms with E-state index in [9.17, 15) is 14.8 Å². The Kier molecular flexibility index (Phi) is 5.21. The van der Waals surface area contributed by atoms with Gasteiger partial charge >= 0.3 is 0 Å². The fourth-order valence-electron chi connectivity index (χ4n) is 3.34. The quantitative estimate of drug-likeness (QED) is 0.618. The molecule has 1 heterocycles. The molecule has 0 saturated heterocycles. The first-order chi connectivity index (χ1) is 14.5. The lowest BCUT2D eigenvalue weighted by atomic mass is 9.83. The number of phenols is 1. The molecule has 0 fully saturated rings. The normalized spacial score (nSPS) is 15.2. The first-order valence-corrected chi connectivity index (χ1v) is 9.41. The van der Waals surface area contributed by atoms with Crippen LogP contribution < -0.4 is 15.2 Å². The standard InChI is InChI=1S/C23H16ClFN2O3/c24-19-9-14(3-8-20(19)29-12-13-1-4-15(25)5-2-13)22-17-7-6-16(28)10-21(17)30-23(27)18(22)11-26/h1-10,22,28H,12,27H2/t22-/m0/s1. The molecular formula is C23H16ClFN2O3. The number of aromatic hydroxyl groups is 1. The summed E-state index contributed by atoms with van der Waals surface area (Å²) in [6, 6.07) is 18.0. The van der Waals surface area contributed by atoms with Gasteiger partial charge < -0.3 is 20.3 Å². The molecule has 7 heteroatoms. The van der Waals surface area contributed by atoms with Gasteiger partial charge in [-0.05, 0) is 41.5 Å². The van der Waals surface area contributed by atoms with E-state index < -0.39 is 5.92 Å². The Hall–Kier alpha value is -3.69. The van der Waals surface area contributed by atoms with Crippen LogP contribution in [0.1, 0.15) is 22.6 Å². The largest absolute Gasteiger partial charge is 0.508 e. The second kappa shape index (κ2) is 7.97. The van der Waals surface area contributed by atoms with Crippen LogP contribution in [-0.2, 0) is 6.61 Å². The molecule has 30 heavy (non-hydrogen) atoms. The fraction of sp³-hybridized carbons (Fsp3) is 0.0870. The smallest absolute Gasteiger partial charge is 0.205 e. The van der Waals surface area contributed by atoms with Crippen molar-refractivity contribution in [1.82, 2.24) is 0 Å². The molecule has 0 spiro atoms. The van der Waals surface area contributed by atoms with Crippen LogP contribution in [0.4, 0.5) is 4.39 Å². The van der Waals surface area contributed by atoms with Crippen LogP contribution >= 0.6 is 11.6 Å². The molecule has 3 aromatic rings. The highest BCUT2D eigenvalue weighted by atomic mass is 35.5. The van der Waals surface area contributed by atoms with Crippen molar-refractivity contribution >= 4 is 11.6 Å². The van der Waals surface area contributed by atoms with E-state index >= 15 is 0 Å². The van der Waals surface area contributed by atoms with E-state index in [-0.39, 0.29) is 29.6 Å². The predicted molar refractivity (Wildman–Crippen MR) is 110 cm³/mol. The number of fused-ring (bicyclic) bond motifs is 1. The second-order valence-corrected chi connectivity index (χ2v) is 7.16. The zero-order chi connectivity index (χ0) is 21.3. The summed E-state index contributed by atoms with van der Waals surface area (Å²) in [7, 11) is 0. The summed E-state index contributed by atoms with van der Waals surface area (Å²) < 4.78 is 24.3. The van der Waals surface area contributed by atoms with E-state index in [4.69, 9.17) is 26.8 Å². The molecule has 0 saturated carbocycles. The molecule has 1 aliphatic heterocycles. The van der Waals surface area contributed by atoms with E-state index in [1.807, 2.05) is 0 Å². The van der Waals surface area contributed by atoms with Crippen LogP contribution in [0.25, 0.3) is 0 Å². The molecular weight excluding hydrogens is 407 g/mol. The maximum atomic E-state index is 13.0. The highest BCUT2D eigenvalue weighted by molar-refractivity contribution is 6.32. The van der Waals surface area contributed by atoms with E-state index in [1.165, 1.54) is 24.3 Å². The van der Waals surface area contributed by atoms with E-state index in [2.05, 4.69) is 6.07 Å². The fourth-order valence-corrected chi connectivity index (χ4v) is 3.59. The number of halogens is 2. The van der Waals surface area contributed by atoms with Crippen molar-refractivity contribution in [2.45, 2.75) is 12.5 Å². The first-order valence-electron chi connectivity index (χ1n) is 9.03. The van der Waals surface area contributed by atoms with Crippen LogP contribution in [0.5, 0.6) is 17.2 Å². The van der Waals surface area contributed by atoms with Gasteiger partial charge in [-0.25, -0.2) is 4.39 Å². The van der Waals surface area contributed by atoms with E-state index in [0.717, 1.165) is 11.1 Å². The van der Waals surface area contributed by atoms with Gasteiger partial charge in [0.15, 0.2) is 0 Å². The average molecular weight is 423 g/mol. The number of nitrogens with two attached hydrogens (primary N) is 1. The zero-order valence-corrected chi connectivity index (χ0v) is 16.4. The van der Waals surface area contributed by atoms with Crippen LogP contribution in [0.3, 0.4) is 0 Å². The number of rotatable bonds is 4. The summed E-state index contributed by atoms with van der Waals surface area (Å²) >= 11 is 6.43. The SMILES string of the molecule is N#CC1=C(N)Oc2cc(O)ccc2[C@@H]1c1ccc(OCc2ccc(F)cc2)c(Cl)c1. The van der Waals surface area contributed by atoms with Gasteiger partial charge in [0.2, 0.25) is 5.88 Å². The van der Waals surface area contributed by atoms with Crippen molar-refractivity contribution in [3.8, 4) is 23.3 Å². The monoisotopic (exact) mass is 422 g/mol. The molecule has 0 bridgehead atoms. The molecule has 0 radical (unpaired) electrons. The lowest BCUT2D eigenvalue weighted by molar-refractivity contribution is 0.306. The maximum Gasteiger partial charge on any atom is 0.205 e. The molecule has 3 N–H and O–H groups in total. The highest BCUT2D eigenvalue weighted by Crippen LogP contribution is 2.44. The third-order valence-corrected chi connectivity index (χ3v) is 5.09. The minimum absolute atomic E-state index is 0.0200. The van der Waals surface area contributed by atoms with Gasteiger partial charge in [0, 0.05) is 11.6 Å². The number of ether oxygens (including phenoxy) is 2. The molecule has 0 unspecified atom stereocenters. The summed E-state index contributed by atoms with van der Waals surface area (Å²) in [6.45, 7) is 0.231. The lowest BCUT2D eigenvalue weighted by Crippen LogP contribution is -2.21. The van der Waals surface area contributed by atoms with E-state index in [0.29, 0.717) is 22.1 Å². The van der Waals surface area contributed by atoms with Gasteiger partial charge in [0.1, 0.15) is 41.3 Å². The second-order valence-electron chi connectivity index (χ2n) is 6.75. The molecule has 1 atom stereocenters. The molecule has 4 rings (SSSR count). The Morgan fingerprint density at radius 1 is 1.13 bits per heavy atom. The van der Waals surface area contributed by atoms with Crippen LogP contribution in [0, 0.1) is 17.1 Å². The maximum absolute atomic E-state index is 13.0. The average Bonchev–Trinajstić information content (AvgIpc) is 2.73. The minimum atomic E-state index is -0.497. The summed E-state index contributed by atoms with van der Waals surface area (Å²) in [5.74, 6) is 0.0360.